The van der Waals surface area contributed by atoms with Gasteiger partial charge in [0.1, 0.15) is 0 Å². The summed E-state index contributed by atoms with van der Waals surface area (Å²) >= 11 is 3.24. The third kappa shape index (κ3) is 31.7. The number of hydrogen-bond acceptors (Lipinski definition) is 4. The first-order valence-corrected chi connectivity index (χ1v) is 5.00. The Bertz CT molecular complexity index is 240. The minimum Gasteiger partial charge on any atom is -0.780 e. The summed E-state index contributed by atoms with van der Waals surface area (Å²) < 4.78 is 26.7. The summed E-state index contributed by atoms with van der Waals surface area (Å²) in [5.41, 5.74) is 0. The van der Waals surface area contributed by atoms with Crippen molar-refractivity contribution in [2.45, 2.75) is 0 Å². The van der Waals surface area contributed by atoms with Crippen LogP contribution in [0.5, 0.6) is 0 Å². The molecule has 0 aliphatic rings. The van der Waals surface area contributed by atoms with Crippen molar-refractivity contribution in [3.8, 4) is 0 Å². The average Bonchev–Trinajstić information content (AvgIpc) is 1.88. The quantitative estimate of drug-likeness (QED) is 0.422. The fourth-order valence-electron chi connectivity index (χ4n) is 0.385. The van der Waals surface area contributed by atoms with Crippen LogP contribution in [-0.2, 0) is 20.2 Å². The largest absolute Gasteiger partial charge is 1.00 e. The van der Waals surface area contributed by atoms with Gasteiger partial charge in [-0.15, -0.1) is 9.05 Å². The Morgan fingerprint density at radius 1 is 0.846 bits per heavy atom. The van der Waals surface area contributed by atoms with Gasteiger partial charge in [-0.3, -0.25) is 4.21 Å². The van der Waals surface area contributed by atoms with Crippen LogP contribution in [0.25, 0.3) is 0 Å². The SMILES string of the molecule is O=S([O-])([O-])=S.[Na+].[Na+].c1ccccc1. The molecule has 3 nitrogen and oxygen atoms in total. The Labute approximate surface area is 127 Å². The predicted octanol–water partition coefficient (Wildman–Crippen LogP) is -5.31. The van der Waals surface area contributed by atoms with Gasteiger partial charge in [0.15, 0.2) is 0 Å². The fraction of sp³-hybridized carbons (Fsp3) is 0. The van der Waals surface area contributed by atoms with Gasteiger partial charge in [-0.1, -0.05) is 36.4 Å². The maximum Gasteiger partial charge on any atom is 1.00 e. The molecule has 0 amide bonds. The third-order valence-electron chi connectivity index (χ3n) is 0.667. The molecule has 1 rings (SSSR count). The fourth-order valence-corrected chi connectivity index (χ4v) is 0.385. The predicted molar refractivity (Wildman–Crippen MR) is 43.5 cm³/mol. The summed E-state index contributed by atoms with van der Waals surface area (Å²) in [4.78, 5) is 0. The first-order chi connectivity index (χ1) is 5.00. The summed E-state index contributed by atoms with van der Waals surface area (Å²) in [7, 11) is -4.33. The standard InChI is InChI=1S/C6H6.2Na.H2O3S2/c1-2-4-6-5-3-1;;;1-5(2,3)4/h1-6H;;;(H2,1,2,3,4)/q;2*+1;/p-2. The second-order valence-electron chi connectivity index (χ2n) is 1.56. The zero-order valence-corrected chi connectivity index (χ0v) is 13.1. The van der Waals surface area contributed by atoms with Gasteiger partial charge in [0, 0.05) is 0 Å². The summed E-state index contributed by atoms with van der Waals surface area (Å²) in [5, 5.41) is 0. The van der Waals surface area contributed by atoms with Crippen molar-refractivity contribution in [3.63, 3.8) is 0 Å². The van der Waals surface area contributed by atoms with Gasteiger partial charge in [-0.25, -0.2) is 0 Å². The van der Waals surface area contributed by atoms with E-state index in [0.717, 1.165) is 0 Å². The Hall–Kier alpha value is 1.51. The van der Waals surface area contributed by atoms with Gasteiger partial charge >= 0.3 is 59.1 Å². The van der Waals surface area contributed by atoms with E-state index in [4.69, 9.17) is 13.3 Å². The smallest absolute Gasteiger partial charge is 0.780 e. The minimum atomic E-state index is -4.33. The molecule has 0 N–H and O–H groups in total. The van der Waals surface area contributed by atoms with E-state index in [1.54, 1.807) is 0 Å². The number of benzene rings is 1. The van der Waals surface area contributed by atoms with Crippen molar-refractivity contribution in [1.82, 2.24) is 0 Å². The van der Waals surface area contributed by atoms with Crippen LogP contribution in [-0.4, -0.2) is 13.3 Å². The number of hydrogen-bond donors (Lipinski definition) is 0. The van der Waals surface area contributed by atoms with E-state index in [1.165, 1.54) is 0 Å². The first-order valence-electron chi connectivity index (χ1n) is 2.67. The van der Waals surface area contributed by atoms with E-state index in [0.29, 0.717) is 0 Å². The van der Waals surface area contributed by atoms with Crippen LogP contribution in [0, 0.1) is 0 Å². The van der Waals surface area contributed by atoms with Crippen molar-refractivity contribution in [2.75, 3.05) is 0 Å². The summed E-state index contributed by atoms with van der Waals surface area (Å²) in [6.07, 6.45) is 0. The van der Waals surface area contributed by atoms with Crippen molar-refractivity contribution < 1.29 is 72.4 Å². The second-order valence-corrected chi connectivity index (χ2v) is 3.60. The van der Waals surface area contributed by atoms with E-state index < -0.39 is 9.05 Å². The monoisotopic (exact) mass is 236 g/mol. The Balaban J connectivity index is -0.000000136. The van der Waals surface area contributed by atoms with E-state index in [2.05, 4.69) is 11.2 Å². The topological polar surface area (TPSA) is 63.2 Å². The molecule has 0 aliphatic heterocycles. The van der Waals surface area contributed by atoms with Crippen LogP contribution < -0.4 is 59.1 Å². The van der Waals surface area contributed by atoms with E-state index >= 15 is 0 Å². The summed E-state index contributed by atoms with van der Waals surface area (Å²) in [5.74, 6) is 0. The van der Waals surface area contributed by atoms with E-state index in [-0.39, 0.29) is 59.1 Å². The Morgan fingerprint density at radius 2 is 0.923 bits per heavy atom. The molecule has 0 radical (unpaired) electrons. The molecular weight excluding hydrogens is 230 g/mol. The molecule has 0 aliphatic carbocycles. The van der Waals surface area contributed by atoms with Gasteiger partial charge in [-0.2, -0.15) is 0 Å². The molecule has 0 saturated heterocycles. The second kappa shape index (κ2) is 11.6. The van der Waals surface area contributed by atoms with E-state index in [9.17, 15) is 0 Å². The zero-order valence-electron chi connectivity index (χ0n) is 7.51. The molecule has 0 aromatic heterocycles. The summed E-state index contributed by atoms with van der Waals surface area (Å²) in [6.45, 7) is 0. The molecule has 0 spiro atoms. The molecule has 1 aromatic rings. The number of rotatable bonds is 0. The van der Waals surface area contributed by atoms with Crippen LogP contribution >= 0.6 is 0 Å². The van der Waals surface area contributed by atoms with Crippen molar-refractivity contribution in [3.05, 3.63) is 36.4 Å². The van der Waals surface area contributed by atoms with Crippen LogP contribution in [0.4, 0.5) is 0 Å². The van der Waals surface area contributed by atoms with Crippen LogP contribution in [0.2, 0.25) is 0 Å². The molecule has 7 heteroatoms. The molecular formula is C6H6Na2O3S2. The van der Waals surface area contributed by atoms with Gasteiger partial charge in [0.05, 0.1) is 0 Å². The molecule has 0 bridgehead atoms. The minimum absolute atomic E-state index is 0. The van der Waals surface area contributed by atoms with Gasteiger partial charge in [-0.05, 0) is 11.2 Å². The molecule has 0 heterocycles. The maximum atomic E-state index is 8.89. The molecule has 1 aromatic carbocycles. The third-order valence-corrected chi connectivity index (χ3v) is 0.667. The normalized spacial score (nSPS) is 8.15. The Kier molecular flexibility index (Phi) is 17.8. The van der Waals surface area contributed by atoms with Crippen LogP contribution in [0.15, 0.2) is 36.4 Å². The molecule has 0 saturated carbocycles. The average molecular weight is 236 g/mol. The molecule has 0 unspecified atom stereocenters. The van der Waals surface area contributed by atoms with E-state index in [1.807, 2.05) is 36.4 Å². The van der Waals surface area contributed by atoms with Crippen LogP contribution in [0.1, 0.15) is 0 Å². The van der Waals surface area contributed by atoms with Gasteiger partial charge in [0.25, 0.3) is 0 Å². The van der Waals surface area contributed by atoms with Gasteiger partial charge in [0.2, 0.25) is 0 Å². The zero-order chi connectivity index (χ0) is 8.74. The molecule has 13 heavy (non-hydrogen) atoms. The maximum absolute atomic E-state index is 8.89. The summed E-state index contributed by atoms with van der Waals surface area (Å²) in [6, 6.07) is 12.0. The van der Waals surface area contributed by atoms with Crippen LogP contribution in [0.3, 0.4) is 0 Å². The van der Waals surface area contributed by atoms with Gasteiger partial charge < -0.3 is 9.11 Å². The Morgan fingerprint density at radius 3 is 1.00 bits per heavy atom. The molecule has 62 valence electrons. The van der Waals surface area contributed by atoms with Crippen molar-refractivity contribution >= 4 is 20.2 Å². The van der Waals surface area contributed by atoms with Crippen molar-refractivity contribution in [2.24, 2.45) is 0 Å². The molecule has 0 fully saturated rings. The first kappa shape index (κ1) is 20.0. The van der Waals surface area contributed by atoms with Crippen molar-refractivity contribution in [1.29, 1.82) is 0 Å². The molecule has 0 atom stereocenters.